The van der Waals surface area contributed by atoms with E-state index in [0.717, 1.165) is 0 Å². The Bertz CT molecular complexity index is 579. The van der Waals surface area contributed by atoms with Gasteiger partial charge in [0.2, 0.25) is 5.91 Å². The molecule has 0 aliphatic rings. The van der Waals surface area contributed by atoms with Gasteiger partial charge in [-0.15, -0.1) is 0 Å². The first-order valence-corrected chi connectivity index (χ1v) is 9.19. The zero-order valence-electron chi connectivity index (χ0n) is 13.5. The maximum Gasteiger partial charge on any atom is 0.241 e. The number of nitrogens with two attached hydrogens (primary N) is 1. The minimum atomic E-state index is -2.69. The normalized spacial score (nSPS) is 15.8. The Morgan fingerprint density at radius 2 is 2.14 bits per heavy atom. The highest BCUT2D eigenvalue weighted by atomic mass is 32.2. The third-order valence-corrected chi connectivity index (χ3v) is 4.96. The summed E-state index contributed by atoms with van der Waals surface area (Å²) in [4.78, 5) is 15.8. The summed E-state index contributed by atoms with van der Waals surface area (Å²) in [5.41, 5.74) is 6.43. The fourth-order valence-corrected chi connectivity index (χ4v) is 3.47. The summed E-state index contributed by atoms with van der Waals surface area (Å²) < 4.78 is 20.1. The maximum atomic E-state index is 12.2. The Labute approximate surface area is 132 Å². The molecule has 22 heavy (non-hydrogen) atoms. The molecule has 1 rings (SSSR count). The number of aromatic nitrogens is 1. The van der Waals surface area contributed by atoms with Crippen LogP contribution in [0.2, 0.25) is 0 Å². The van der Waals surface area contributed by atoms with Crippen molar-refractivity contribution in [3.63, 3.8) is 0 Å². The second-order valence-corrected chi connectivity index (χ2v) is 9.10. The third kappa shape index (κ3) is 7.51. The van der Waals surface area contributed by atoms with Crippen molar-refractivity contribution in [1.82, 2.24) is 4.98 Å². The van der Waals surface area contributed by atoms with Crippen molar-refractivity contribution >= 4 is 21.3 Å². The molecule has 0 bridgehead atoms. The van der Waals surface area contributed by atoms with E-state index in [1.54, 1.807) is 18.3 Å². The molecule has 6 nitrogen and oxygen atoms in total. The summed E-state index contributed by atoms with van der Waals surface area (Å²) in [6.45, 7) is 6.15. The van der Waals surface area contributed by atoms with Crippen molar-refractivity contribution in [3.8, 4) is 0 Å². The Hall–Kier alpha value is -1.47. The van der Waals surface area contributed by atoms with Crippen molar-refractivity contribution in [2.45, 2.75) is 39.7 Å². The van der Waals surface area contributed by atoms with Crippen LogP contribution < -0.4 is 11.1 Å². The van der Waals surface area contributed by atoms with Crippen LogP contribution in [0.15, 0.2) is 24.5 Å². The van der Waals surface area contributed by atoms with Gasteiger partial charge in [0.05, 0.1) is 17.9 Å². The van der Waals surface area contributed by atoms with Gasteiger partial charge < -0.3 is 11.1 Å². The third-order valence-electron chi connectivity index (χ3n) is 3.21. The first kappa shape index (κ1) is 18.6. The van der Waals surface area contributed by atoms with E-state index >= 15 is 0 Å². The van der Waals surface area contributed by atoms with E-state index in [2.05, 4.69) is 31.1 Å². The molecule has 124 valence electrons. The zero-order valence-corrected chi connectivity index (χ0v) is 14.3. The van der Waals surface area contributed by atoms with E-state index in [1.165, 1.54) is 6.20 Å². The van der Waals surface area contributed by atoms with Crippen LogP contribution in [0.4, 0.5) is 5.69 Å². The van der Waals surface area contributed by atoms with E-state index in [4.69, 9.17) is 10.5 Å². The Balaban J connectivity index is 2.44. The summed E-state index contributed by atoms with van der Waals surface area (Å²) in [5.74, 6) is 0.136. The van der Waals surface area contributed by atoms with Crippen LogP contribution in [-0.4, -0.2) is 32.6 Å². The van der Waals surface area contributed by atoms with E-state index < -0.39 is 15.8 Å². The van der Waals surface area contributed by atoms with Gasteiger partial charge in [-0.1, -0.05) is 20.8 Å². The first-order chi connectivity index (χ1) is 10.1. The highest BCUT2D eigenvalue weighted by molar-refractivity contribution is 7.92. The number of carbonyl (C=O) groups is 1. The van der Waals surface area contributed by atoms with Crippen molar-refractivity contribution in [2.75, 3.05) is 16.8 Å². The number of rotatable bonds is 7. The number of nitrogens with zero attached hydrogens (tertiary/aromatic N) is 1. The number of hydrogen-bond acceptors (Lipinski definition) is 5. The van der Waals surface area contributed by atoms with Crippen molar-refractivity contribution < 1.29 is 9.00 Å². The van der Waals surface area contributed by atoms with Crippen LogP contribution in [0, 0.1) is 10.2 Å². The summed E-state index contributed by atoms with van der Waals surface area (Å²) >= 11 is 0. The van der Waals surface area contributed by atoms with Gasteiger partial charge >= 0.3 is 0 Å². The lowest BCUT2D eigenvalue weighted by Gasteiger charge is -2.19. The molecule has 1 heterocycles. The van der Waals surface area contributed by atoms with Crippen LogP contribution in [0.25, 0.3) is 0 Å². The molecule has 0 saturated heterocycles. The SMILES string of the molecule is CC(C)(C)CC[S@](=N)(=O)CC[C@H](N)C(=O)Nc1cccnc1. The van der Waals surface area contributed by atoms with Crippen LogP contribution in [-0.2, 0) is 14.5 Å². The lowest BCUT2D eigenvalue weighted by molar-refractivity contribution is -0.117. The van der Waals surface area contributed by atoms with Gasteiger partial charge in [0.1, 0.15) is 0 Å². The molecule has 0 aliphatic heterocycles. The molecule has 7 heteroatoms. The fourth-order valence-electron chi connectivity index (χ4n) is 1.69. The quantitative estimate of drug-likeness (QED) is 0.713. The first-order valence-electron chi connectivity index (χ1n) is 7.30. The molecule has 0 aromatic carbocycles. The molecule has 2 atom stereocenters. The minimum absolute atomic E-state index is 0.0451. The molecule has 0 spiro atoms. The van der Waals surface area contributed by atoms with Crippen LogP contribution in [0.1, 0.15) is 33.6 Å². The van der Waals surface area contributed by atoms with Gasteiger partial charge in [-0.25, -0.2) is 4.21 Å². The molecule has 0 saturated carbocycles. The molecule has 4 N–H and O–H groups in total. The highest BCUT2D eigenvalue weighted by Crippen LogP contribution is 2.20. The summed E-state index contributed by atoms with van der Waals surface area (Å²) in [5, 5.41) is 2.65. The van der Waals surface area contributed by atoms with E-state index in [0.29, 0.717) is 17.9 Å². The van der Waals surface area contributed by atoms with Crippen molar-refractivity contribution in [1.29, 1.82) is 4.78 Å². The standard InChI is InChI=1S/C15H26N4O2S/c1-15(2,3)7-10-22(17,21)9-6-13(16)14(20)19-12-5-4-8-18-11-12/h4-5,8,11,13,17H,6-7,9-10,16H2,1-3H3,(H,19,20)/t13-,22+/m0/s1. The van der Waals surface area contributed by atoms with Crippen LogP contribution in [0.3, 0.4) is 0 Å². The Kier molecular flexibility index (Phi) is 6.49. The lowest BCUT2D eigenvalue weighted by atomic mass is 9.94. The summed E-state index contributed by atoms with van der Waals surface area (Å²) in [7, 11) is -2.69. The molecule has 1 aromatic heterocycles. The van der Waals surface area contributed by atoms with E-state index in [1.807, 2.05) is 0 Å². The van der Waals surface area contributed by atoms with Crippen LogP contribution >= 0.6 is 0 Å². The minimum Gasteiger partial charge on any atom is -0.323 e. The Morgan fingerprint density at radius 1 is 1.45 bits per heavy atom. The molecular formula is C15H26N4O2S. The second kappa shape index (κ2) is 7.69. The molecule has 1 aromatic rings. The predicted molar refractivity (Wildman–Crippen MR) is 90.1 cm³/mol. The number of hydrogen-bond donors (Lipinski definition) is 3. The topological polar surface area (TPSA) is 109 Å². The van der Waals surface area contributed by atoms with Gasteiger partial charge in [-0.05, 0) is 30.4 Å². The average Bonchev–Trinajstić information content (AvgIpc) is 2.43. The number of nitrogens with one attached hydrogen (secondary N) is 2. The van der Waals surface area contributed by atoms with E-state index in [9.17, 15) is 9.00 Å². The second-order valence-electron chi connectivity index (χ2n) is 6.66. The molecule has 0 radical (unpaired) electrons. The van der Waals surface area contributed by atoms with Gasteiger partial charge in [-0.2, -0.15) is 0 Å². The molecule has 0 fully saturated rings. The smallest absolute Gasteiger partial charge is 0.241 e. The number of carbonyl (C=O) groups excluding carboxylic acids is 1. The molecular weight excluding hydrogens is 300 g/mol. The fraction of sp³-hybridized carbons (Fsp3) is 0.600. The van der Waals surface area contributed by atoms with E-state index in [-0.39, 0.29) is 23.5 Å². The summed E-state index contributed by atoms with van der Waals surface area (Å²) in [6.07, 6.45) is 4.09. The monoisotopic (exact) mass is 326 g/mol. The van der Waals surface area contributed by atoms with Gasteiger partial charge in [-0.3, -0.25) is 14.6 Å². The predicted octanol–water partition coefficient (Wildman–Crippen LogP) is 2.22. The number of amides is 1. The number of pyridine rings is 1. The maximum absolute atomic E-state index is 12.2. The highest BCUT2D eigenvalue weighted by Gasteiger charge is 2.19. The molecule has 1 amide bonds. The van der Waals surface area contributed by atoms with Gasteiger partial charge in [0, 0.05) is 27.4 Å². The van der Waals surface area contributed by atoms with Gasteiger partial charge in [0.15, 0.2) is 0 Å². The van der Waals surface area contributed by atoms with Gasteiger partial charge in [0.25, 0.3) is 0 Å². The van der Waals surface area contributed by atoms with Crippen molar-refractivity contribution in [2.24, 2.45) is 11.1 Å². The summed E-state index contributed by atoms with van der Waals surface area (Å²) in [6, 6.07) is 2.65. The molecule has 0 unspecified atom stereocenters. The van der Waals surface area contributed by atoms with Crippen LogP contribution in [0.5, 0.6) is 0 Å². The average molecular weight is 326 g/mol. The lowest BCUT2D eigenvalue weighted by Crippen LogP contribution is -2.37. The number of anilines is 1. The largest absolute Gasteiger partial charge is 0.323 e. The molecule has 0 aliphatic carbocycles. The van der Waals surface area contributed by atoms with Crippen molar-refractivity contribution in [3.05, 3.63) is 24.5 Å². The Morgan fingerprint density at radius 3 is 2.68 bits per heavy atom. The zero-order chi connectivity index (χ0) is 16.8.